The summed E-state index contributed by atoms with van der Waals surface area (Å²) in [5.74, 6) is 0.0796. The van der Waals surface area contributed by atoms with Crippen molar-refractivity contribution in [3.63, 3.8) is 0 Å². The van der Waals surface area contributed by atoms with Crippen LogP contribution in [-0.2, 0) is 6.54 Å². The average molecular weight is 352 g/mol. The number of carbonyl (C=O) groups excluding carboxylic acids is 1. The van der Waals surface area contributed by atoms with E-state index in [0.29, 0.717) is 5.56 Å². The maximum absolute atomic E-state index is 12.8. The molecule has 26 heavy (non-hydrogen) atoms. The smallest absolute Gasteiger partial charge is 0.255 e. The average Bonchev–Trinajstić information content (AvgIpc) is 2.69. The molecule has 1 fully saturated rings. The van der Waals surface area contributed by atoms with Crippen molar-refractivity contribution in [2.75, 3.05) is 38.0 Å². The third-order valence-electron chi connectivity index (χ3n) is 4.75. The van der Waals surface area contributed by atoms with Gasteiger partial charge in [-0.25, -0.2) is 0 Å². The standard InChI is InChI=1S/C21H28N4O/c1-2-3-9-23-20-14-19(15-22-16-20)21(26)25-12-10-24(11-13-25)17-18-7-5-4-6-8-18/h4-8,14-16,23H,2-3,9-13,17H2,1H3. The van der Waals surface area contributed by atoms with Gasteiger partial charge in [-0.05, 0) is 18.1 Å². The summed E-state index contributed by atoms with van der Waals surface area (Å²) in [5.41, 5.74) is 2.91. The van der Waals surface area contributed by atoms with Gasteiger partial charge in [0.25, 0.3) is 5.91 Å². The lowest BCUT2D eigenvalue weighted by molar-refractivity contribution is 0.0628. The van der Waals surface area contributed by atoms with E-state index in [0.717, 1.165) is 57.8 Å². The van der Waals surface area contributed by atoms with Crippen molar-refractivity contribution in [2.24, 2.45) is 0 Å². The topological polar surface area (TPSA) is 48.5 Å². The molecule has 0 saturated carbocycles. The number of pyridine rings is 1. The predicted molar refractivity (Wildman–Crippen MR) is 105 cm³/mol. The molecular weight excluding hydrogens is 324 g/mol. The Morgan fingerprint density at radius 3 is 2.62 bits per heavy atom. The maximum atomic E-state index is 12.8. The highest BCUT2D eigenvalue weighted by Crippen LogP contribution is 2.14. The predicted octanol–water partition coefficient (Wildman–Crippen LogP) is 3.25. The lowest BCUT2D eigenvalue weighted by Gasteiger charge is -2.34. The molecule has 2 aromatic rings. The Bertz CT molecular complexity index is 696. The molecule has 0 atom stereocenters. The molecule has 0 radical (unpaired) electrons. The van der Waals surface area contributed by atoms with Gasteiger partial charge < -0.3 is 10.2 Å². The van der Waals surface area contributed by atoms with Crippen LogP contribution in [0.25, 0.3) is 0 Å². The number of benzene rings is 1. The van der Waals surface area contributed by atoms with Gasteiger partial charge in [-0.1, -0.05) is 43.7 Å². The minimum atomic E-state index is 0.0796. The number of anilines is 1. The number of carbonyl (C=O) groups is 1. The van der Waals surface area contributed by atoms with Crippen LogP contribution in [0.15, 0.2) is 48.8 Å². The van der Waals surface area contributed by atoms with Crippen LogP contribution in [0.4, 0.5) is 5.69 Å². The van der Waals surface area contributed by atoms with Crippen LogP contribution in [0, 0.1) is 0 Å². The number of unbranched alkanes of at least 4 members (excludes halogenated alkanes) is 1. The van der Waals surface area contributed by atoms with Crippen LogP contribution in [0.1, 0.15) is 35.7 Å². The second-order valence-electron chi connectivity index (χ2n) is 6.80. The summed E-state index contributed by atoms with van der Waals surface area (Å²) in [6.07, 6.45) is 5.71. The van der Waals surface area contributed by atoms with Crippen LogP contribution in [-0.4, -0.2) is 53.4 Å². The van der Waals surface area contributed by atoms with Crippen molar-refractivity contribution in [2.45, 2.75) is 26.3 Å². The zero-order valence-electron chi connectivity index (χ0n) is 15.5. The fourth-order valence-corrected chi connectivity index (χ4v) is 3.20. The lowest BCUT2D eigenvalue weighted by Crippen LogP contribution is -2.48. The van der Waals surface area contributed by atoms with Crippen LogP contribution in [0.3, 0.4) is 0 Å². The third kappa shape index (κ3) is 5.05. The van der Waals surface area contributed by atoms with Gasteiger partial charge in [-0.3, -0.25) is 14.7 Å². The molecule has 1 amide bonds. The molecule has 3 rings (SSSR count). The first-order chi connectivity index (χ1) is 12.8. The highest BCUT2D eigenvalue weighted by molar-refractivity contribution is 5.94. The second-order valence-corrected chi connectivity index (χ2v) is 6.80. The fraction of sp³-hybridized carbons (Fsp3) is 0.429. The molecule has 1 aromatic carbocycles. The van der Waals surface area contributed by atoms with E-state index >= 15 is 0 Å². The van der Waals surface area contributed by atoms with Gasteiger partial charge in [0, 0.05) is 51.7 Å². The molecule has 0 unspecified atom stereocenters. The molecule has 0 spiro atoms. The second kappa shape index (κ2) is 9.34. The number of aromatic nitrogens is 1. The summed E-state index contributed by atoms with van der Waals surface area (Å²) in [6.45, 7) is 7.36. The van der Waals surface area contributed by atoms with E-state index in [2.05, 4.69) is 46.4 Å². The van der Waals surface area contributed by atoms with Crippen LogP contribution < -0.4 is 5.32 Å². The highest BCUT2D eigenvalue weighted by atomic mass is 16.2. The summed E-state index contributed by atoms with van der Waals surface area (Å²) < 4.78 is 0. The number of hydrogen-bond acceptors (Lipinski definition) is 4. The minimum absolute atomic E-state index is 0.0796. The van der Waals surface area contributed by atoms with Crippen LogP contribution in [0.2, 0.25) is 0 Å². The Hall–Kier alpha value is -2.40. The lowest BCUT2D eigenvalue weighted by atomic mass is 10.2. The number of nitrogens with zero attached hydrogens (tertiary/aromatic N) is 3. The van der Waals surface area contributed by atoms with Crippen LogP contribution in [0.5, 0.6) is 0 Å². The number of hydrogen-bond donors (Lipinski definition) is 1. The highest BCUT2D eigenvalue weighted by Gasteiger charge is 2.22. The van der Waals surface area contributed by atoms with Crippen molar-refractivity contribution in [3.8, 4) is 0 Å². The van der Waals surface area contributed by atoms with E-state index in [9.17, 15) is 4.79 Å². The van der Waals surface area contributed by atoms with Crippen molar-refractivity contribution in [1.82, 2.24) is 14.8 Å². The molecule has 1 aromatic heterocycles. The summed E-state index contributed by atoms with van der Waals surface area (Å²) >= 11 is 0. The van der Waals surface area contributed by atoms with Gasteiger partial charge in [-0.2, -0.15) is 0 Å². The fourth-order valence-electron chi connectivity index (χ4n) is 3.20. The first-order valence-corrected chi connectivity index (χ1v) is 9.50. The van der Waals surface area contributed by atoms with Crippen molar-refractivity contribution in [1.29, 1.82) is 0 Å². The molecule has 0 bridgehead atoms. The van der Waals surface area contributed by atoms with E-state index in [1.807, 2.05) is 17.0 Å². The summed E-state index contributed by atoms with van der Waals surface area (Å²) in [7, 11) is 0. The summed E-state index contributed by atoms with van der Waals surface area (Å²) in [6, 6.07) is 12.4. The molecule has 0 aliphatic carbocycles. The number of amides is 1. The Kier molecular flexibility index (Phi) is 6.61. The Balaban J connectivity index is 1.52. The van der Waals surface area contributed by atoms with E-state index < -0.39 is 0 Å². The third-order valence-corrected chi connectivity index (χ3v) is 4.75. The Morgan fingerprint density at radius 2 is 1.88 bits per heavy atom. The van der Waals surface area contributed by atoms with Crippen molar-refractivity contribution < 1.29 is 4.79 Å². The molecule has 1 aliphatic heterocycles. The van der Waals surface area contributed by atoms with E-state index in [-0.39, 0.29) is 5.91 Å². The van der Waals surface area contributed by atoms with Gasteiger partial charge in [0.15, 0.2) is 0 Å². The van der Waals surface area contributed by atoms with E-state index in [1.165, 1.54) is 5.56 Å². The molecule has 1 aliphatic rings. The van der Waals surface area contributed by atoms with Gasteiger partial charge in [-0.15, -0.1) is 0 Å². The van der Waals surface area contributed by atoms with Gasteiger partial charge in [0.05, 0.1) is 11.3 Å². The molecular formula is C21H28N4O. The zero-order chi connectivity index (χ0) is 18.2. The summed E-state index contributed by atoms with van der Waals surface area (Å²) in [4.78, 5) is 21.4. The van der Waals surface area contributed by atoms with Crippen molar-refractivity contribution >= 4 is 11.6 Å². The number of piperazine rings is 1. The quantitative estimate of drug-likeness (QED) is 0.777. The molecule has 1 N–H and O–H groups in total. The minimum Gasteiger partial charge on any atom is -0.384 e. The van der Waals surface area contributed by atoms with Gasteiger partial charge in [0.1, 0.15) is 0 Å². The molecule has 2 heterocycles. The molecule has 1 saturated heterocycles. The van der Waals surface area contributed by atoms with Crippen molar-refractivity contribution in [3.05, 3.63) is 59.9 Å². The maximum Gasteiger partial charge on any atom is 0.255 e. The summed E-state index contributed by atoms with van der Waals surface area (Å²) in [5, 5.41) is 3.34. The van der Waals surface area contributed by atoms with E-state index in [1.54, 1.807) is 12.4 Å². The molecule has 138 valence electrons. The first kappa shape index (κ1) is 18.4. The zero-order valence-corrected chi connectivity index (χ0v) is 15.5. The van der Waals surface area contributed by atoms with Crippen LogP contribution >= 0.6 is 0 Å². The Labute approximate surface area is 156 Å². The SMILES string of the molecule is CCCCNc1cncc(C(=O)N2CCN(Cc3ccccc3)CC2)c1. The molecule has 5 nitrogen and oxygen atoms in total. The number of rotatable bonds is 7. The van der Waals surface area contributed by atoms with Gasteiger partial charge in [0.2, 0.25) is 0 Å². The first-order valence-electron chi connectivity index (χ1n) is 9.50. The Morgan fingerprint density at radius 1 is 1.12 bits per heavy atom. The normalized spacial score (nSPS) is 15.0. The van der Waals surface area contributed by atoms with Gasteiger partial charge >= 0.3 is 0 Å². The van der Waals surface area contributed by atoms with E-state index in [4.69, 9.17) is 0 Å². The monoisotopic (exact) mass is 352 g/mol. The number of nitrogens with one attached hydrogen (secondary N) is 1. The largest absolute Gasteiger partial charge is 0.384 e. The molecule has 5 heteroatoms.